The highest BCUT2D eigenvalue weighted by Crippen LogP contribution is 2.53. The summed E-state index contributed by atoms with van der Waals surface area (Å²) in [5, 5.41) is 44.3. The summed E-state index contributed by atoms with van der Waals surface area (Å²) in [7, 11) is 3.06. The fourth-order valence-corrected chi connectivity index (χ4v) is 6.23. The molecular weight excluding hydrogens is 502 g/mol. The van der Waals surface area contributed by atoms with Crippen molar-refractivity contribution < 1.29 is 43.6 Å². The first-order valence-corrected chi connectivity index (χ1v) is 11.7. The number of amides is 1. The van der Waals surface area contributed by atoms with E-state index in [1.54, 1.807) is 0 Å². The van der Waals surface area contributed by atoms with Gasteiger partial charge in [-0.1, -0.05) is 6.07 Å². The van der Waals surface area contributed by atoms with E-state index < -0.39 is 75.4 Å². The molecule has 38 heavy (non-hydrogen) atoms. The van der Waals surface area contributed by atoms with Gasteiger partial charge >= 0.3 is 0 Å². The Morgan fingerprint density at radius 1 is 1.08 bits per heavy atom. The van der Waals surface area contributed by atoms with Crippen molar-refractivity contribution in [2.24, 2.45) is 17.6 Å². The molecule has 3 aliphatic carbocycles. The molecule has 198 valence electrons. The maximum absolute atomic E-state index is 14.0. The molecule has 0 radical (unpaired) electrons. The van der Waals surface area contributed by atoms with Crippen LogP contribution in [0.1, 0.15) is 22.3 Å². The van der Waals surface area contributed by atoms with Gasteiger partial charge in [-0.3, -0.25) is 19.3 Å². The Balaban J connectivity index is 1.73. The summed E-state index contributed by atoms with van der Waals surface area (Å²) in [6.45, 7) is 0. The lowest BCUT2D eigenvalue weighted by molar-refractivity contribution is -0.148. The number of primary amides is 1. The molecule has 0 heterocycles. The number of likely N-dealkylation sites (N-methyl/N-ethyl adjacent to an activating group) is 1. The molecule has 11 heteroatoms. The number of phenols is 1. The fraction of sp³-hybridized carbons (Fsp3) is 0.296. The zero-order valence-electron chi connectivity index (χ0n) is 20.3. The van der Waals surface area contributed by atoms with Crippen molar-refractivity contribution in [3.63, 3.8) is 0 Å². The summed E-state index contributed by atoms with van der Waals surface area (Å²) in [5.74, 6) is -9.31. The number of rotatable bonds is 3. The zero-order valence-corrected chi connectivity index (χ0v) is 20.3. The van der Waals surface area contributed by atoms with E-state index in [0.29, 0.717) is 6.07 Å². The van der Waals surface area contributed by atoms with E-state index in [9.17, 15) is 43.6 Å². The molecule has 4 atom stereocenters. The fourth-order valence-electron chi connectivity index (χ4n) is 6.23. The van der Waals surface area contributed by atoms with E-state index in [-0.39, 0.29) is 40.7 Å². The van der Waals surface area contributed by atoms with Crippen LogP contribution >= 0.6 is 0 Å². The lowest BCUT2D eigenvalue weighted by atomic mass is 9.58. The number of aliphatic hydroxyl groups excluding tert-OH is 2. The van der Waals surface area contributed by atoms with E-state index in [2.05, 4.69) is 0 Å². The summed E-state index contributed by atoms with van der Waals surface area (Å²) in [6, 6.07) is 4.33. The highest BCUT2D eigenvalue weighted by atomic mass is 19.1. The van der Waals surface area contributed by atoms with Crippen LogP contribution in [0.3, 0.4) is 0 Å². The van der Waals surface area contributed by atoms with Crippen LogP contribution in [0, 0.1) is 23.5 Å². The first-order chi connectivity index (χ1) is 17.8. The highest BCUT2D eigenvalue weighted by Gasteiger charge is 2.63. The SMILES string of the molecule is CN(C)C1C(O)=C(C(N)=O)C(=O)C2(O)C(O)=C3C(=O)c4c(O)ccc(-c5cc(F)cc(F)c5)c4CC3CC12. The average molecular weight is 526 g/mol. The molecule has 2 aromatic rings. The van der Waals surface area contributed by atoms with Gasteiger partial charge in [-0.05, 0) is 67.7 Å². The minimum absolute atomic E-state index is 0.00357. The second-order valence-corrected chi connectivity index (χ2v) is 10.1. The first-order valence-electron chi connectivity index (χ1n) is 11.7. The van der Waals surface area contributed by atoms with Crippen LogP contribution in [-0.2, 0) is 16.0 Å². The Kier molecular flexibility index (Phi) is 5.69. The Hall–Kier alpha value is -4.09. The Morgan fingerprint density at radius 2 is 1.71 bits per heavy atom. The van der Waals surface area contributed by atoms with Crippen LogP contribution in [0.5, 0.6) is 5.75 Å². The third-order valence-corrected chi connectivity index (χ3v) is 7.78. The Bertz CT molecular complexity index is 1490. The maximum atomic E-state index is 14.0. The van der Waals surface area contributed by atoms with Crippen molar-refractivity contribution in [3.05, 3.63) is 75.8 Å². The van der Waals surface area contributed by atoms with Crippen molar-refractivity contribution in [2.75, 3.05) is 14.1 Å². The summed E-state index contributed by atoms with van der Waals surface area (Å²) in [4.78, 5) is 40.5. The van der Waals surface area contributed by atoms with Crippen LogP contribution in [-0.4, -0.2) is 68.5 Å². The van der Waals surface area contributed by atoms with E-state index in [1.165, 1.54) is 31.1 Å². The number of allylic oxidation sites excluding steroid dienone is 1. The van der Waals surface area contributed by atoms with Gasteiger partial charge in [0, 0.05) is 17.6 Å². The topological polar surface area (TPSA) is 161 Å². The number of benzene rings is 2. The van der Waals surface area contributed by atoms with E-state index in [1.807, 2.05) is 0 Å². The molecular formula is C27H24F2N2O7. The molecule has 0 saturated carbocycles. The number of hydrogen-bond acceptors (Lipinski definition) is 8. The Labute approximate surface area is 215 Å². The third-order valence-electron chi connectivity index (χ3n) is 7.78. The largest absolute Gasteiger partial charge is 0.510 e. The smallest absolute Gasteiger partial charge is 0.255 e. The number of ketones is 2. The van der Waals surface area contributed by atoms with Crippen molar-refractivity contribution in [1.82, 2.24) is 4.90 Å². The van der Waals surface area contributed by atoms with Crippen molar-refractivity contribution in [3.8, 4) is 16.9 Å². The predicted octanol–water partition coefficient (Wildman–Crippen LogP) is 2.07. The monoisotopic (exact) mass is 526 g/mol. The van der Waals surface area contributed by atoms with Crippen LogP contribution in [0.25, 0.3) is 11.1 Å². The third kappa shape index (κ3) is 3.38. The molecule has 5 rings (SSSR count). The van der Waals surface area contributed by atoms with Crippen LogP contribution in [0.4, 0.5) is 8.78 Å². The number of carbonyl (C=O) groups excluding carboxylic acids is 3. The quantitative estimate of drug-likeness (QED) is 0.380. The highest BCUT2D eigenvalue weighted by molar-refractivity contribution is 6.24. The van der Waals surface area contributed by atoms with Gasteiger partial charge in [0.25, 0.3) is 5.91 Å². The van der Waals surface area contributed by atoms with E-state index in [0.717, 1.165) is 12.1 Å². The minimum atomic E-state index is -2.75. The molecule has 0 aromatic heterocycles. The van der Waals surface area contributed by atoms with E-state index >= 15 is 0 Å². The molecule has 4 unspecified atom stereocenters. The lowest BCUT2D eigenvalue weighted by Gasteiger charge is -2.50. The number of phenolic OH excluding ortho intramolecular Hbond substituents is 1. The molecule has 9 nitrogen and oxygen atoms in total. The van der Waals surface area contributed by atoms with Crippen LogP contribution in [0.15, 0.2) is 53.0 Å². The summed E-state index contributed by atoms with van der Waals surface area (Å²) < 4.78 is 28.0. The van der Waals surface area contributed by atoms with Crippen molar-refractivity contribution in [2.45, 2.75) is 24.5 Å². The van der Waals surface area contributed by atoms with Gasteiger partial charge in [-0.15, -0.1) is 0 Å². The van der Waals surface area contributed by atoms with Crippen LogP contribution in [0.2, 0.25) is 0 Å². The number of nitrogens with two attached hydrogens (primary N) is 1. The predicted molar refractivity (Wildman–Crippen MR) is 129 cm³/mol. The normalized spacial score (nSPS) is 26.8. The second kappa shape index (κ2) is 8.47. The number of aromatic hydroxyl groups is 1. The maximum Gasteiger partial charge on any atom is 0.255 e. The van der Waals surface area contributed by atoms with Gasteiger partial charge in [0.1, 0.15) is 34.5 Å². The second-order valence-electron chi connectivity index (χ2n) is 10.1. The molecule has 0 saturated heterocycles. The number of halogens is 2. The number of fused-ring (bicyclic) bond motifs is 3. The van der Waals surface area contributed by atoms with Crippen molar-refractivity contribution in [1.29, 1.82) is 0 Å². The number of aliphatic hydroxyl groups is 3. The zero-order chi connectivity index (χ0) is 27.8. The molecule has 0 spiro atoms. The van der Waals surface area contributed by atoms with E-state index in [4.69, 9.17) is 5.73 Å². The van der Waals surface area contributed by atoms with Crippen molar-refractivity contribution >= 4 is 17.5 Å². The standard InChI is InChI=1S/C27H24F2N2O7/c1-31(2)21-16-8-11-7-15-14(10-5-12(28)9-13(29)6-10)3-4-17(32)19(15)22(33)18(11)24(35)27(16,38)25(36)20(23(21)34)26(30)37/h3-6,9,11,16,21,32,34-35,38H,7-8H2,1-2H3,(H2,30,37). The minimum Gasteiger partial charge on any atom is -0.510 e. The van der Waals surface area contributed by atoms with Crippen LogP contribution < -0.4 is 5.73 Å². The molecule has 1 amide bonds. The van der Waals surface area contributed by atoms with Gasteiger partial charge < -0.3 is 26.2 Å². The summed E-state index contributed by atoms with van der Waals surface area (Å²) in [5.41, 5.74) is 1.80. The molecule has 2 aromatic carbocycles. The Morgan fingerprint density at radius 3 is 2.29 bits per heavy atom. The molecule has 0 bridgehead atoms. The molecule has 0 fully saturated rings. The van der Waals surface area contributed by atoms with Gasteiger partial charge in [-0.2, -0.15) is 0 Å². The summed E-state index contributed by atoms with van der Waals surface area (Å²) in [6.07, 6.45) is -0.102. The van der Waals surface area contributed by atoms with Gasteiger partial charge in [0.2, 0.25) is 5.78 Å². The molecule has 6 N–H and O–H groups in total. The summed E-state index contributed by atoms with van der Waals surface area (Å²) >= 11 is 0. The average Bonchev–Trinajstić information content (AvgIpc) is 2.80. The number of Topliss-reactive ketones (excluding diaryl/α,β-unsaturated/α-hetero) is 2. The van der Waals surface area contributed by atoms with Gasteiger partial charge in [0.15, 0.2) is 11.4 Å². The first kappa shape index (κ1) is 25.6. The number of hydrogen-bond donors (Lipinski definition) is 5. The van der Waals surface area contributed by atoms with Gasteiger partial charge in [0.05, 0.1) is 11.6 Å². The molecule has 3 aliphatic rings. The number of carbonyl (C=O) groups is 3. The molecule has 0 aliphatic heterocycles. The lowest BCUT2D eigenvalue weighted by Crippen LogP contribution is -2.63. The van der Waals surface area contributed by atoms with Gasteiger partial charge in [-0.25, -0.2) is 8.78 Å². The number of nitrogens with zero attached hydrogens (tertiary/aromatic N) is 1.